The lowest BCUT2D eigenvalue weighted by molar-refractivity contribution is 0.0955. The van der Waals surface area contributed by atoms with Crippen LogP contribution in [0, 0.1) is 13.8 Å². The second-order valence-corrected chi connectivity index (χ2v) is 6.99. The van der Waals surface area contributed by atoms with Crippen LogP contribution in [0.15, 0.2) is 64.2 Å². The highest BCUT2D eigenvalue weighted by molar-refractivity contribution is 9.10. The molecule has 0 spiro atoms. The SMILES string of the molecule is COc1ccc(-n2c(C)cc(/C=N/NC(=O)c3cccc(Br)c3)c2C)cc1. The molecule has 3 rings (SSSR count). The molecule has 0 atom stereocenters. The number of aryl methyl sites for hydroxylation is 1. The fourth-order valence-electron chi connectivity index (χ4n) is 2.90. The van der Waals surface area contributed by atoms with Crippen molar-refractivity contribution in [3.05, 3.63) is 81.6 Å². The maximum Gasteiger partial charge on any atom is 0.271 e. The maximum absolute atomic E-state index is 12.2. The van der Waals surface area contributed by atoms with E-state index in [1.54, 1.807) is 25.5 Å². The van der Waals surface area contributed by atoms with Gasteiger partial charge in [-0.05, 0) is 62.4 Å². The molecule has 1 amide bonds. The van der Waals surface area contributed by atoms with Gasteiger partial charge in [0.2, 0.25) is 0 Å². The molecule has 5 nitrogen and oxygen atoms in total. The normalized spacial score (nSPS) is 11.0. The number of carbonyl (C=O) groups is 1. The van der Waals surface area contributed by atoms with E-state index in [-0.39, 0.29) is 5.91 Å². The van der Waals surface area contributed by atoms with Gasteiger partial charge in [0.15, 0.2) is 0 Å². The zero-order valence-corrected chi connectivity index (χ0v) is 16.9. The highest BCUT2D eigenvalue weighted by Gasteiger charge is 2.10. The highest BCUT2D eigenvalue weighted by atomic mass is 79.9. The van der Waals surface area contributed by atoms with Gasteiger partial charge in [-0.25, -0.2) is 5.43 Å². The molecular weight excluding hydrogens is 406 g/mol. The van der Waals surface area contributed by atoms with E-state index in [1.165, 1.54) is 0 Å². The third-order valence-electron chi connectivity index (χ3n) is 4.26. The van der Waals surface area contributed by atoms with Crippen LogP contribution in [-0.2, 0) is 0 Å². The molecular formula is C21H20BrN3O2. The number of ether oxygens (including phenoxy) is 1. The molecule has 0 aliphatic rings. The van der Waals surface area contributed by atoms with Crippen molar-refractivity contribution in [3.8, 4) is 11.4 Å². The molecule has 0 aliphatic heterocycles. The Balaban J connectivity index is 1.77. The molecule has 3 aromatic rings. The number of benzene rings is 2. The number of hydrazone groups is 1. The van der Waals surface area contributed by atoms with Gasteiger partial charge in [-0.2, -0.15) is 5.10 Å². The summed E-state index contributed by atoms with van der Waals surface area (Å²) >= 11 is 3.36. The molecule has 2 aromatic carbocycles. The van der Waals surface area contributed by atoms with Gasteiger partial charge in [0.05, 0.1) is 13.3 Å². The molecule has 0 unspecified atom stereocenters. The lowest BCUT2D eigenvalue weighted by Gasteiger charge is -2.10. The molecule has 0 aliphatic carbocycles. The summed E-state index contributed by atoms with van der Waals surface area (Å²) in [5.41, 5.74) is 7.22. The molecule has 0 saturated heterocycles. The van der Waals surface area contributed by atoms with Crippen LogP contribution in [0.3, 0.4) is 0 Å². The molecule has 138 valence electrons. The average molecular weight is 426 g/mol. The van der Waals surface area contributed by atoms with Crippen LogP contribution in [0.5, 0.6) is 5.75 Å². The summed E-state index contributed by atoms with van der Waals surface area (Å²) in [7, 11) is 1.65. The molecule has 6 heteroatoms. The van der Waals surface area contributed by atoms with E-state index >= 15 is 0 Å². The number of hydrogen-bond acceptors (Lipinski definition) is 3. The van der Waals surface area contributed by atoms with Crippen molar-refractivity contribution in [2.45, 2.75) is 13.8 Å². The summed E-state index contributed by atoms with van der Waals surface area (Å²) in [6.45, 7) is 4.06. The van der Waals surface area contributed by atoms with E-state index in [0.717, 1.165) is 32.9 Å². The fraction of sp³-hybridized carbons (Fsp3) is 0.143. The first-order valence-corrected chi connectivity index (χ1v) is 9.21. The van der Waals surface area contributed by atoms with Crippen molar-refractivity contribution in [1.82, 2.24) is 9.99 Å². The van der Waals surface area contributed by atoms with Crippen molar-refractivity contribution < 1.29 is 9.53 Å². The van der Waals surface area contributed by atoms with Gasteiger partial charge in [0.25, 0.3) is 5.91 Å². The number of nitrogens with zero attached hydrogens (tertiary/aromatic N) is 2. The van der Waals surface area contributed by atoms with E-state index < -0.39 is 0 Å². The molecule has 1 N–H and O–H groups in total. The van der Waals surface area contributed by atoms with Gasteiger partial charge in [-0.3, -0.25) is 4.79 Å². The maximum atomic E-state index is 12.2. The molecule has 0 fully saturated rings. The largest absolute Gasteiger partial charge is 0.497 e. The van der Waals surface area contributed by atoms with Crippen molar-refractivity contribution in [3.63, 3.8) is 0 Å². The number of halogens is 1. The summed E-state index contributed by atoms with van der Waals surface area (Å²) < 4.78 is 8.20. The van der Waals surface area contributed by atoms with Gasteiger partial charge < -0.3 is 9.30 Å². The number of carbonyl (C=O) groups excluding carboxylic acids is 1. The molecule has 0 radical (unpaired) electrons. The van der Waals surface area contributed by atoms with Crippen LogP contribution in [0.2, 0.25) is 0 Å². The monoisotopic (exact) mass is 425 g/mol. The molecule has 0 saturated carbocycles. The Morgan fingerprint density at radius 2 is 1.89 bits per heavy atom. The van der Waals surface area contributed by atoms with E-state index in [0.29, 0.717) is 5.56 Å². The van der Waals surface area contributed by atoms with E-state index in [1.807, 2.05) is 56.3 Å². The van der Waals surface area contributed by atoms with Gasteiger partial charge in [0.1, 0.15) is 5.75 Å². The minimum Gasteiger partial charge on any atom is -0.497 e. The summed E-state index contributed by atoms with van der Waals surface area (Å²) in [6, 6.07) is 17.1. The number of amides is 1. The Labute approximate surface area is 166 Å². The fourth-order valence-corrected chi connectivity index (χ4v) is 3.30. The van der Waals surface area contributed by atoms with Crippen molar-refractivity contribution in [2.75, 3.05) is 7.11 Å². The third-order valence-corrected chi connectivity index (χ3v) is 4.75. The zero-order chi connectivity index (χ0) is 19.4. The van der Waals surface area contributed by atoms with E-state index in [9.17, 15) is 4.79 Å². The van der Waals surface area contributed by atoms with E-state index in [4.69, 9.17) is 4.74 Å². The van der Waals surface area contributed by atoms with Crippen molar-refractivity contribution >= 4 is 28.1 Å². The van der Waals surface area contributed by atoms with Crippen LogP contribution < -0.4 is 10.2 Å². The van der Waals surface area contributed by atoms with Crippen LogP contribution >= 0.6 is 15.9 Å². The minimum atomic E-state index is -0.253. The van der Waals surface area contributed by atoms with Gasteiger partial charge in [-0.15, -0.1) is 0 Å². The van der Waals surface area contributed by atoms with Crippen LogP contribution in [0.25, 0.3) is 5.69 Å². The number of nitrogens with one attached hydrogen (secondary N) is 1. The number of aromatic nitrogens is 1. The first kappa shape index (κ1) is 18.9. The van der Waals surface area contributed by atoms with Crippen molar-refractivity contribution in [2.24, 2.45) is 5.10 Å². The van der Waals surface area contributed by atoms with Crippen LogP contribution in [0.4, 0.5) is 0 Å². The molecule has 1 heterocycles. The zero-order valence-electron chi connectivity index (χ0n) is 15.4. The standard InChI is InChI=1S/C21H20BrN3O2/c1-14-11-17(13-23-24-21(26)16-5-4-6-18(22)12-16)15(2)25(14)19-7-9-20(27-3)10-8-19/h4-13H,1-3H3,(H,24,26)/b23-13+. The van der Waals surface area contributed by atoms with Crippen LogP contribution in [-0.4, -0.2) is 23.8 Å². The topological polar surface area (TPSA) is 55.6 Å². The lowest BCUT2D eigenvalue weighted by atomic mass is 10.2. The summed E-state index contributed by atoms with van der Waals surface area (Å²) in [5, 5.41) is 4.11. The Morgan fingerprint density at radius 1 is 1.15 bits per heavy atom. The van der Waals surface area contributed by atoms with Gasteiger partial charge >= 0.3 is 0 Å². The molecule has 1 aromatic heterocycles. The Morgan fingerprint density at radius 3 is 2.56 bits per heavy atom. The first-order valence-electron chi connectivity index (χ1n) is 8.42. The van der Waals surface area contributed by atoms with Gasteiger partial charge in [0, 0.05) is 32.7 Å². The Bertz CT molecular complexity index is 991. The number of methoxy groups -OCH3 is 1. The second-order valence-electron chi connectivity index (χ2n) is 6.07. The summed E-state index contributed by atoms with van der Waals surface area (Å²) in [6.07, 6.45) is 1.66. The smallest absolute Gasteiger partial charge is 0.271 e. The second kappa shape index (κ2) is 8.22. The number of hydrogen-bond donors (Lipinski definition) is 1. The Hall–Kier alpha value is -2.86. The minimum absolute atomic E-state index is 0.253. The molecule has 0 bridgehead atoms. The van der Waals surface area contributed by atoms with Crippen molar-refractivity contribution in [1.29, 1.82) is 0 Å². The summed E-state index contributed by atoms with van der Waals surface area (Å²) in [4.78, 5) is 12.2. The predicted molar refractivity (Wildman–Crippen MR) is 111 cm³/mol. The first-order chi connectivity index (χ1) is 13.0. The average Bonchev–Trinajstić information content (AvgIpc) is 2.95. The van der Waals surface area contributed by atoms with Crippen LogP contribution in [0.1, 0.15) is 27.3 Å². The molecule has 27 heavy (non-hydrogen) atoms. The lowest BCUT2D eigenvalue weighted by Crippen LogP contribution is -2.17. The Kier molecular flexibility index (Phi) is 5.76. The summed E-state index contributed by atoms with van der Waals surface area (Å²) in [5.74, 6) is 0.565. The van der Waals surface area contributed by atoms with E-state index in [2.05, 4.69) is 31.0 Å². The van der Waals surface area contributed by atoms with Gasteiger partial charge in [-0.1, -0.05) is 22.0 Å². The quantitative estimate of drug-likeness (QED) is 0.478. The third kappa shape index (κ3) is 4.28. The highest BCUT2D eigenvalue weighted by Crippen LogP contribution is 2.22. The number of rotatable bonds is 5. The predicted octanol–water partition coefficient (Wildman–Crippen LogP) is 4.63.